The van der Waals surface area contributed by atoms with E-state index in [1.165, 1.54) is 6.07 Å². The van der Waals surface area contributed by atoms with E-state index in [-0.39, 0.29) is 5.56 Å². The summed E-state index contributed by atoms with van der Waals surface area (Å²) >= 11 is 5.87. The highest BCUT2D eigenvalue weighted by atomic mass is 35.5. The number of benzene rings is 1. The molecule has 1 aromatic carbocycles. The molecule has 2 rings (SSSR count). The van der Waals surface area contributed by atoms with Crippen molar-refractivity contribution in [1.82, 2.24) is 4.57 Å². The third-order valence-corrected chi connectivity index (χ3v) is 3.66. The maximum Gasteiger partial charge on any atom is 0.341 e. The Kier molecular flexibility index (Phi) is 4.48. The first kappa shape index (κ1) is 15.3. The molecular formula is C16H16ClNO3. The predicted molar refractivity (Wildman–Crippen MR) is 83.1 cm³/mol. The molecule has 0 saturated heterocycles. The van der Waals surface area contributed by atoms with Crippen molar-refractivity contribution in [2.24, 2.45) is 7.05 Å². The third kappa shape index (κ3) is 3.00. The Morgan fingerprint density at radius 3 is 2.43 bits per heavy atom. The van der Waals surface area contributed by atoms with Gasteiger partial charge in [0.1, 0.15) is 5.56 Å². The number of rotatable bonds is 4. The SMILES string of the molecule is CCCc1c(C(=O)O)c(=O)cc(-c2ccc(Cl)cc2)n1C. The minimum Gasteiger partial charge on any atom is -0.477 e. The average Bonchev–Trinajstić information content (AvgIpc) is 2.43. The Bertz CT molecular complexity index is 732. The zero-order valence-electron chi connectivity index (χ0n) is 11.9. The minimum atomic E-state index is -1.18. The van der Waals surface area contributed by atoms with E-state index < -0.39 is 11.4 Å². The lowest BCUT2D eigenvalue weighted by molar-refractivity contribution is 0.0693. The number of halogens is 1. The van der Waals surface area contributed by atoms with Crippen LogP contribution in [0.15, 0.2) is 35.1 Å². The van der Waals surface area contributed by atoms with Crippen molar-refractivity contribution >= 4 is 17.6 Å². The van der Waals surface area contributed by atoms with Crippen molar-refractivity contribution in [2.45, 2.75) is 19.8 Å². The quantitative estimate of drug-likeness (QED) is 0.942. The van der Waals surface area contributed by atoms with Crippen LogP contribution in [0.2, 0.25) is 5.02 Å². The summed E-state index contributed by atoms with van der Waals surface area (Å²) in [5.74, 6) is -1.18. The van der Waals surface area contributed by atoms with Crippen LogP contribution < -0.4 is 5.43 Å². The van der Waals surface area contributed by atoms with Gasteiger partial charge in [-0.25, -0.2) is 4.79 Å². The summed E-state index contributed by atoms with van der Waals surface area (Å²) in [4.78, 5) is 23.5. The first-order valence-electron chi connectivity index (χ1n) is 6.67. The lowest BCUT2D eigenvalue weighted by Gasteiger charge is -2.16. The molecule has 21 heavy (non-hydrogen) atoms. The number of carboxylic acid groups (broad SMARTS) is 1. The van der Waals surface area contributed by atoms with Gasteiger partial charge in [-0.1, -0.05) is 37.1 Å². The van der Waals surface area contributed by atoms with E-state index in [1.807, 2.05) is 19.1 Å². The molecule has 1 heterocycles. The molecule has 0 aliphatic rings. The lowest BCUT2D eigenvalue weighted by Crippen LogP contribution is -2.23. The fraction of sp³-hybridized carbons (Fsp3) is 0.250. The standard InChI is InChI=1S/C16H16ClNO3/c1-3-4-12-15(16(20)21)14(19)9-13(18(12)2)10-5-7-11(17)8-6-10/h5-9H,3-4H2,1-2H3,(H,20,21). The van der Waals surface area contributed by atoms with Crippen LogP contribution in [0.3, 0.4) is 0 Å². The fourth-order valence-electron chi connectivity index (χ4n) is 2.40. The first-order valence-corrected chi connectivity index (χ1v) is 7.05. The van der Waals surface area contributed by atoms with Crippen molar-refractivity contribution in [3.8, 4) is 11.3 Å². The van der Waals surface area contributed by atoms with Gasteiger partial charge in [-0.2, -0.15) is 0 Å². The zero-order chi connectivity index (χ0) is 15.6. The number of carboxylic acids is 1. The maximum absolute atomic E-state index is 12.1. The molecule has 0 saturated carbocycles. The molecule has 0 radical (unpaired) electrons. The van der Waals surface area contributed by atoms with Gasteiger partial charge in [-0.3, -0.25) is 4.79 Å². The normalized spacial score (nSPS) is 10.6. The van der Waals surface area contributed by atoms with E-state index in [0.717, 1.165) is 12.0 Å². The molecule has 0 unspecified atom stereocenters. The molecule has 0 fully saturated rings. The lowest BCUT2D eigenvalue weighted by atomic mass is 10.0. The highest BCUT2D eigenvalue weighted by Gasteiger charge is 2.19. The highest BCUT2D eigenvalue weighted by Crippen LogP contribution is 2.22. The van der Waals surface area contributed by atoms with Crippen LogP contribution in [0.4, 0.5) is 0 Å². The summed E-state index contributed by atoms with van der Waals surface area (Å²) in [6, 6.07) is 8.48. The van der Waals surface area contributed by atoms with Crippen molar-refractivity contribution < 1.29 is 9.90 Å². The molecule has 0 aliphatic carbocycles. The van der Waals surface area contributed by atoms with Gasteiger partial charge in [0.15, 0.2) is 5.43 Å². The van der Waals surface area contributed by atoms with E-state index >= 15 is 0 Å². The van der Waals surface area contributed by atoms with Gasteiger partial charge in [-0.05, 0) is 24.1 Å². The molecule has 4 nitrogen and oxygen atoms in total. The van der Waals surface area contributed by atoms with Gasteiger partial charge < -0.3 is 9.67 Å². The van der Waals surface area contributed by atoms with Gasteiger partial charge in [0.2, 0.25) is 0 Å². The number of nitrogens with zero attached hydrogens (tertiary/aromatic N) is 1. The van der Waals surface area contributed by atoms with Crippen LogP contribution in [0, 0.1) is 0 Å². The van der Waals surface area contributed by atoms with Crippen molar-refractivity contribution in [3.05, 3.63) is 56.8 Å². The average molecular weight is 306 g/mol. The second-order valence-corrected chi connectivity index (χ2v) is 5.27. The number of hydrogen-bond donors (Lipinski definition) is 1. The predicted octanol–water partition coefficient (Wildman–Crippen LogP) is 3.36. The Hall–Kier alpha value is -2.07. The largest absolute Gasteiger partial charge is 0.477 e. The van der Waals surface area contributed by atoms with Crippen LogP contribution >= 0.6 is 11.6 Å². The monoisotopic (exact) mass is 305 g/mol. The number of carbonyl (C=O) groups is 1. The van der Waals surface area contributed by atoms with Crippen molar-refractivity contribution in [3.63, 3.8) is 0 Å². The summed E-state index contributed by atoms with van der Waals surface area (Å²) in [5.41, 5.74) is 1.45. The smallest absolute Gasteiger partial charge is 0.341 e. The summed E-state index contributed by atoms with van der Waals surface area (Å²) in [6.45, 7) is 1.95. The molecule has 0 amide bonds. The second kappa shape index (κ2) is 6.14. The van der Waals surface area contributed by atoms with Gasteiger partial charge in [-0.15, -0.1) is 0 Å². The van der Waals surface area contributed by atoms with Crippen LogP contribution in [-0.4, -0.2) is 15.6 Å². The third-order valence-electron chi connectivity index (χ3n) is 3.41. The van der Waals surface area contributed by atoms with E-state index in [2.05, 4.69) is 0 Å². The number of aromatic carboxylic acids is 1. The van der Waals surface area contributed by atoms with E-state index in [0.29, 0.717) is 22.8 Å². The molecule has 1 N–H and O–H groups in total. The molecule has 0 spiro atoms. The molecule has 2 aromatic rings. The van der Waals surface area contributed by atoms with Gasteiger partial charge in [0.05, 0.1) is 5.69 Å². The zero-order valence-corrected chi connectivity index (χ0v) is 12.6. The summed E-state index contributed by atoms with van der Waals surface area (Å²) in [6.07, 6.45) is 1.30. The Morgan fingerprint density at radius 1 is 1.29 bits per heavy atom. The number of pyridine rings is 1. The molecule has 0 aliphatic heterocycles. The van der Waals surface area contributed by atoms with Gasteiger partial charge in [0.25, 0.3) is 0 Å². The molecular weight excluding hydrogens is 290 g/mol. The van der Waals surface area contributed by atoms with Gasteiger partial charge >= 0.3 is 5.97 Å². The number of aromatic nitrogens is 1. The van der Waals surface area contributed by atoms with Crippen LogP contribution in [0.1, 0.15) is 29.4 Å². The van der Waals surface area contributed by atoms with E-state index in [9.17, 15) is 14.7 Å². The number of hydrogen-bond acceptors (Lipinski definition) is 2. The van der Waals surface area contributed by atoms with Crippen LogP contribution in [-0.2, 0) is 13.5 Å². The second-order valence-electron chi connectivity index (χ2n) is 4.84. The summed E-state index contributed by atoms with van der Waals surface area (Å²) in [7, 11) is 1.78. The van der Waals surface area contributed by atoms with Crippen molar-refractivity contribution in [2.75, 3.05) is 0 Å². The Balaban J connectivity index is 2.72. The van der Waals surface area contributed by atoms with E-state index in [1.54, 1.807) is 23.7 Å². The van der Waals surface area contributed by atoms with Gasteiger partial charge in [0, 0.05) is 23.8 Å². The Morgan fingerprint density at radius 2 is 1.90 bits per heavy atom. The van der Waals surface area contributed by atoms with Crippen LogP contribution in [0.25, 0.3) is 11.3 Å². The molecule has 110 valence electrons. The van der Waals surface area contributed by atoms with E-state index in [4.69, 9.17) is 11.6 Å². The van der Waals surface area contributed by atoms with Crippen molar-refractivity contribution in [1.29, 1.82) is 0 Å². The summed E-state index contributed by atoms with van der Waals surface area (Å²) in [5, 5.41) is 9.88. The molecule has 5 heteroatoms. The fourth-order valence-corrected chi connectivity index (χ4v) is 2.53. The first-order chi connectivity index (χ1) is 9.95. The highest BCUT2D eigenvalue weighted by molar-refractivity contribution is 6.30. The summed E-state index contributed by atoms with van der Waals surface area (Å²) < 4.78 is 1.78. The molecule has 1 aromatic heterocycles. The minimum absolute atomic E-state index is 0.142. The molecule has 0 bridgehead atoms. The topological polar surface area (TPSA) is 59.3 Å². The maximum atomic E-state index is 12.1. The molecule has 0 atom stereocenters. The Labute approximate surface area is 127 Å². The van der Waals surface area contributed by atoms with Crippen LogP contribution in [0.5, 0.6) is 0 Å².